The normalized spacial score (nSPS) is 12.5. The number of hydrazine groups is 1. The van der Waals surface area contributed by atoms with E-state index in [0.717, 1.165) is 0 Å². The van der Waals surface area contributed by atoms with Gasteiger partial charge in [0.15, 0.2) is 5.11 Å². The number of aldehydes is 1. The number of nitrogens with one attached hydrogen (secondary N) is 5. The minimum Gasteiger partial charge on any atom is -0.373 e. The van der Waals surface area contributed by atoms with Crippen molar-refractivity contribution in [1.29, 1.82) is 0 Å². The molecule has 0 bridgehead atoms. The number of hydrogen-bond acceptors (Lipinski definition) is 9. The van der Waals surface area contributed by atoms with E-state index >= 15 is 0 Å². The lowest BCUT2D eigenvalue weighted by Crippen LogP contribution is -2.45. The Kier molecular flexibility index (Phi) is 9.55. The van der Waals surface area contributed by atoms with Crippen LogP contribution in [0.3, 0.4) is 0 Å². The Morgan fingerprint density at radius 3 is 2.38 bits per heavy atom. The predicted molar refractivity (Wildman–Crippen MR) is 133 cm³/mol. The van der Waals surface area contributed by atoms with Gasteiger partial charge in [-0.2, -0.15) is 21.0 Å². The van der Waals surface area contributed by atoms with Crippen LogP contribution in [0.1, 0.15) is 6.42 Å². The zero-order valence-electron chi connectivity index (χ0n) is 17.2. The standard InChI is InChI=1S/C18H20N6O7S3/c25-10-11(17(32)19-12-4-6-13(7-5-12)23-34(29,30)31)8-16(26)21-22-18(33)20-14-2-1-3-15(9-14)24(27)28/h1-7,9-11,17,19,23,32H,8H2,(H,21,26)(H2,20,22,33)(H,29,30,31). The first-order chi connectivity index (χ1) is 16.0. The fraction of sp³-hybridized carbons (Fsp3) is 0.167. The maximum atomic E-state index is 12.2. The lowest BCUT2D eigenvalue weighted by molar-refractivity contribution is -0.384. The van der Waals surface area contributed by atoms with Gasteiger partial charge in [0.05, 0.1) is 21.9 Å². The van der Waals surface area contributed by atoms with Crippen LogP contribution in [-0.4, -0.2) is 40.6 Å². The van der Waals surface area contributed by atoms with Crippen molar-refractivity contribution in [3.8, 4) is 0 Å². The fourth-order valence-corrected chi connectivity index (χ4v) is 3.47. The maximum Gasteiger partial charge on any atom is 0.357 e. The van der Waals surface area contributed by atoms with E-state index in [4.69, 9.17) is 16.8 Å². The summed E-state index contributed by atoms with van der Waals surface area (Å²) >= 11 is 9.32. The molecule has 34 heavy (non-hydrogen) atoms. The number of nitrogens with zero attached hydrogens (tertiary/aromatic N) is 1. The first kappa shape index (κ1) is 26.8. The molecule has 0 radical (unpaired) electrons. The van der Waals surface area contributed by atoms with Crippen molar-refractivity contribution in [2.45, 2.75) is 11.8 Å². The second-order valence-corrected chi connectivity index (χ2v) is 8.80. The minimum absolute atomic E-state index is 0.0318. The number of benzene rings is 2. The smallest absolute Gasteiger partial charge is 0.357 e. The van der Waals surface area contributed by atoms with Crippen molar-refractivity contribution in [2.24, 2.45) is 5.92 Å². The largest absolute Gasteiger partial charge is 0.373 e. The Bertz CT molecular complexity index is 1160. The van der Waals surface area contributed by atoms with Crippen LogP contribution in [-0.2, 0) is 19.9 Å². The average Bonchev–Trinajstić information content (AvgIpc) is 2.76. The van der Waals surface area contributed by atoms with Gasteiger partial charge in [0, 0.05) is 29.9 Å². The van der Waals surface area contributed by atoms with E-state index in [1.807, 2.05) is 4.72 Å². The number of nitro benzene ring substituents is 1. The first-order valence-corrected chi connectivity index (χ1v) is 11.7. The van der Waals surface area contributed by atoms with Gasteiger partial charge in [-0.3, -0.25) is 35.0 Å². The number of hydrogen-bond donors (Lipinski definition) is 7. The fourth-order valence-electron chi connectivity index (χ4n) is 2.55. The van der Waals surface area contributed by atoms with Crippen molar-refractivity contribution < 1.29 is 27.5 Å². The molecule has 0 aliphatic heterocycles. The first-order valence-electron chi connectivity index (χ1n) is 9.32. The third kappa shape index (κ3) is 9.18. The average molecular weight is 529 g/mol. The molecule has 2 aromatic carbocycles. The summed E-state index contributed by atoms with van der Waals surface area (Å²) in [5.41, 5.74) is 5.55. The molecule has 6 N–H and O–H groups in total. The van der Waals surface area contributed by atoms with Gasteiger partial charge in [-0.1, -0.05) is 6.07 Å². The number of non-ortho nitro benzene ring substituents is 1. The number of carbonyl (C=O) groups excluding carboxylic acids is 2. The van der Waals surface area contributed by atoms with Crippen molar-refractivity contribution in [3.63, 3.8) is 0 Å². The van der Waals surface area contributed by atoms with Crippen LogP contribution in [0.5, 0.6) is 0 Å². The second-order valence-electron chi connectivity index (χ2n) is 6.68. The van der Waals surface area contributed by atoms with Gasteiger partial charge in [0.25, 0.3) is 5.69 Å². The van der Waals surface area contributed by atoms with Crippen LogP contribution in [0.25, 0.3) is 0 Å². The number of nitro groups is 1. The Morgan fingerprint density at radius 1 is 1.15 bits per heavy atom. The van der Waals surface area contributed by atoms with Gasteiger partial charge in [-0.15, -0.1) is 0 Å². The summed E-state index contributed by atoms with van der Waals surface area (Å²) in [5, 5.41) is 15.6. The molecule has 1 amide bonds. The molecule has 0 aliphatic carbocycles. The topological polar surface area (TPSA) is 192 Å². The maximum absolute atomic E-state index is 12.2. The second kappa shape index (κ2) is 12.1. The molecule has 0 aliphatic rings. The van der Waals surface area contributed by atoms with Crippen molar-refractivity contribution >= 4 is 75.2 Å². The van der Waals surface area contributed by atoms with Crippen LogP contribution >= 0.6 is 24.8 Å². The Balaban J connectivity index is 1.84. The van der Waals surface area contributed by atoms with E-state index in [1.165, 1.54) is 42.5 Å². The van der Waals surface area contributed by atoms with Crippen LogP contribution in [0, 0.1) is 16.0 Å². The lowest BCUT2D eigenvalue weighted by Gasteiger charge is -2.21. The number of thiol groups is 1. The van der Waals surface area contributed by atoms with Gasteiger partial charge in [0.2, 0.25) is 5.91 Å². The molecule has 0 heterocycles. The SMILES string of the molecule is O=CC(CC(=O)NNC(=S)Nc1cccc([N+](=O)[O-])c1)C(S)Nc1ccc(NS(=O)(=O)O)cc1. The summed E-state index contributed by atoms with van der Waals surface area (Å²) < 4.78 is 32.3. The van der Waals surface area contributed by atoms with Crippen LogP contribution < -0.4 is 26.2 Å². The number of amides is 1. The highest BCUT2D eigenvalue weighted by Gasteiger charge is 2.21. The molecule has 2 rings (SSSR count). The van der Waals surface area contributed by atoms with E-state index in [1.54, 1.807) is 6.07 Å². The molecule has 182 valence electrons. The van der Waals surface area contributed by atoms with Crippen LogP contribution in [0.15, 0.2) is 48.5 Å². The van der Waals surface area contributed by atoms with E-state index in [0.29, 0.717) is 17.7 Å². The van der Waals surface area contributed by atoms with Gasteiger partial charge >= 0.3 is 10.3 Å². The van der Waals surface area contributed by atoms with E-state index < -0.39 is 32.4 Å². The van der Waals surface area contributed by atoms with Gasteiger partial charge < -0.3 is 15.4 Å². The predicted octanol–water partition coefficient (Wildman–Crippen LogP) is 1.70. The summed E-state index contributed by atoms with van der Waals surface area (Å²) in [7, 11) is -4.40. The monoisotopic (exact) mass is 528 g/mol. The molecule has 2 atom stereocenters. The molecule has 2 unspecified atom stereocenters. The van der Waals surface area contributed by atoms with Crippen molar-refractivity contribution in [2.75, 3.05) is 15.4 Å². The van der Waals surface area contributed by atoms with Gasteiger partial charge in [-0.25, -0.2) is 0 Å². The summed E-state index contributed by atoms with van der Waals surface area (Å²) in [6.07, 6.45) is 0.303. The molecule has 0 spiro atoms. The van der Waals surface area contributed by atoms with Gasteiger partial charge in [-0.05, 0) is 42.5 Å². The molecule has 0 fully saturated rings. The summed E-state index contributed by atoms with van der Waals surface area (Å²) in [6.45, 7) is 0. The molecular formula is C18H20N6O7S3. The van der Waals surface area contributed by atoms with E-state index in [2.05, 4.69) is 34.1 Å². The molecular weight excluding hydrogens is 508 g/mol. The highest BCUT2D eigenvalue weighted by molar-refractivity contribution is 7.87. The third-order valence-corrected chi connectivity index (χ3v) is 5.29. The Morgan fingerprint density at radius 2 is 1.79 bits per heavy atom. The summed E-state index contributed by atoms with van der Waals surface area (Å²) in [6, 6.07) is 11.3. The Hall–Kier alpha value is -3.47. The minimum atomic E-state index is -4.40. The van der Waals surface area contributed by atoms with E-state index in [9.17, 15) is 28.1 Å². The highest BCUT2D eigenvalue weighted by atomic mass is 32.2. The van der Waals surface area contributed by atoms with Crippen LogP contribution in [0.2, 0.25) is 0 Å². The van der Waals surface area contributed by atoms with E-state index in [-0.39, 0.29) is 22.9 Å². The molecule has 13 nitrogen and oxygen atoms in total. The molecule has 0 aromatic heterocycles. The zero-order valence-corrected chi connectivity index (χ0v) is 19.7. The number of anilines is 3. The molecule has 2 aromatic rings. The van der Waals surface area contributed by atoms with Gasteiger partial charge in [0.1, 0.15) is 6.29 Å². The third-order valence-electron chi connectivity index (χ3n) is 4.08. The lowest BCUT2D eigenvalue weighted by atomic mass is 10.1. The molecule has 0 saturated heterocycles. The quantitative estimate of drug-likeness (QED) is 0.0451. The highest BCUT2D eigenvalue weighted by Crippen LogP contribution is 2.20. The van der Waals surface area contributed by atoms with Crippen molar-refractivity contribution in [1.82, 2.24) is 10.9 Å². The number of carbonyl (C=O) groups is 2. The van der Waals surface area contributed by atoms with Crippen LogP contribution in [0.4, 0.5) is 22.7 Å². The number of thiocarbonyl (C=S) groups is 1. The van der Waals surface area contributed by atoms with Crippen molar-refractivity contribution in [3.05, 3.63) is 58.6 Å². The molecule has 0 saturated carbocycles. The molecule has 16 heteroatoms. The zero-order chi connectivity index (χ0) is 25.3. The number of rotatable bonds is 10. The Labute approximate surface area is 205 Å². The summed E-state index contributed by atoms with van der Waals surface area (Å²) in [4.78, 5) is 33.9. The summed E-state index contributed by atoms with van der Waals surface area (Å²) in [5.74, 6) is -1.42.